The van der Waals surface area contributed by atoms with Crippen LogP contribution in [-0.4, -0.2) is 16.9 Å². The van der Waals surface area contributed by atoms with Crippen LogP contribution in [0.25, 0.3) is 0 Å². The van der Waals surface area contributed by atoms with E-state index in [1.807, 2.05) is 24.3 Å². The third-order valence-corrected chi connectivity index (χ3v) is 2.78. The van der Waals surface area contributed by atoms with E-state index in [1.165, 1.54) is 6.20 Å². The van der Waals surface area contributed by atoms with Crippen molar-refractivity contribution in [2.75, 3.05) is 11.2 Å². The first-order valence-electron chi connectivity index (χ1n) is 5.58. The molecule has 5 heteroatoms. The Kier molecular flexibility index (Phi) is 3.99. The molecule has 2 aromatic rings. The van der Waals surface area contributed by atoms with Crippen LogP contribution in [0.15, 0.2) is 35.0 Å². The van der Waals surface area contributed by atoms with Crippen molar-refractivity contribution in [3.63, 3.8) is 0 Å². The molecule has 1 amide bonds. The van der Waals surface area contributed by atoms with Crippen molar-refractivity contribution < 1.29 is 9.32 Å². The fraction of sp³-hybridized carbons (Fsp3) is 0.231. The van der Waals surface area contributed by atoms with Crippen molar-refractivity contribution in [3.05, 3.63) is 47.3 Å². The van der Waals surface area contributed by atoms with Crippen molar-refractivity contribution in [3.8, 4) is 0 Å². The van der Waals surface area contributed by atoms with E-state index >= 15 is 0 Å². The Balaban J connectivity index is 2.05. The molecule has 0 unspecified atom stereocenters. The standard InChI is InChI=1S/C13H13ClN2O2/c1-9-12(8-15-18-9)13(17)16-11-4-2-10(3-5-11)6-7-14/h2-5,8H,6-7H2,1H3,(H,16,17). The number of hydrogen-bond acceptors (Lipinski definition) is 3. The number of amides is 1. The van der Waals surface area contributed by atoms with Gasteiger partial charge in [0.1, 0.15) is 11.3 Å². The highest BCUT2D eigenvalue weighted by Crippen LogP contribution is 2.13. The SMILES string of the molecule is Cc1oncc1C(=O)Nc1ccc(CCCl)cc1. The Hall–Kier alpha value is -1.81. The average Bonchev–Trinajstić information content (AvgIpc) is 2.78. The molecule has 1 aromatic carbocycles. The van der Waals surface area contributed by atoms with E-state index in [0.717, 1.165) is 17.7 Å². The largest absolute Gasteiger partial charge is 0.361 e. The Morgan fingerprint density at radius 2 is 2.11 bits per heavy atom. The van der Waals surface area contributed by atoms with Crippen LogP contribution in [0.3, 0.4) is 0 Å². The van der Waals surface area contributed by atoms with Crippen LogP contribution < -0.4 is 5.32 Å². The Morgan fingerprint density at radius 3 is 2.67 bits per heavy atom. The number of aromatic nitrogens is 1. The number of hydrogen-bond donors (Lipinski definition) is 1. The molecule has 0 aliphatic carbocycles. The summed E-state index contributed by atoms with van der Waals surface area (Å²) < 4.78 is 4.85. The monoisotopic (exact) mass is 264 g/mol. The average molecular weight is 265 g/mol. The van der Waals surface area contributed by atoms with E-state index in [1.54, 1.807) is 6.92 Å². The summed E-state index contributed by atoms with van der Waals surface area (Å²) in [6, 6.07) is 7.59. The van der Waals surface area contributed by atoms with Crippen LogP contribution in [0.5, 0.6) is 0 Å². The first kappa shape index (κ1) is 12.6. The van der Waals surface area contributed by atoms with Crippen LogP contribution in [0.2, 0.25) is 0 Å². The van der Waals surface area contributed by atoms with E-state index in [0.29, 0.717) is 17.2 Å². The van der Waals surface area contributed by atoms with Crippen molar-refractivity contribution in [2.45, 2.75) is 13.3 Å². The number of anilines is 1. The fourth-order valence-corrected chi connectivity index (χ4v) is 1.80. The lowest BCUT2D eigenvalue weighted by molar-refractivity contribution is 0.102. The molecule has 0 saturated heterocycles. The van der Waals surface area contributed by atoms with Gasteiger partial charge in [-0.1, -0.05) is 17.3 Å². The van der Waals surface area contributed by atoms with E-state index in [2.05, 4.69) is 10.5 Å². The van der Waals surface area contributed by atoms with Gasteiger partial charge in [0.15, 0.2) is 0 Å². The lowest BCUT2D eigenvalue weighted by atomic mass is 10.1. The zero-order chi connectivity index (χ0) is 13.0. The van der Waals surface area contributed by atoms with Gasteiger partial charge in [-0.15, -0.1) is 11.6 Å². The number of carbonyl (C=O) groups excluding carboxylic acids is 1. The van der Waals surface area contributed by atoms with Gasteiger partial charge in [0, 0.05) is 11.6 Å². The molecule has 0 bridgehead atoms. The third-order valence-electron chi connectivity index (χ3n) is 2.59. The first-order chi connectivity index (χ1) is 8.70. The quantitative estimate of drug-likeness (QED) is 0.864. The van der Waals surface area contributed by atoms with Crippen LogP contribution in [0, 0.1) is 6.92 Å². The summed E-state index contributed by atoms with van der Waals surface area (Å²) in [5.74, 6) is 0.871. The highest BCUT2D eigenvalue weighted by Gasteiger charge is 2.12. The molecule has 1 N–H and O–H groups in total. The van der Waals surface area contributed by atoms with Crippen LogP contribution >= 0.6 is 11.6 Å². The highest BCUT2D eigenvalue weighted by molar-refractivity contribution is 6.18. The minimum atomic E-state index is -0.223. The number of alkyl halides is 1. The van der Waals surface area contributed by atoms with Crippen molar-refractivity contribution in [1.29, 1.82) is 0 Å². The topological polar surface area (TPSA) is 55.1 Å². The van der Waals surface area contributed by atoms with Gasteiger partial charge in [-0.25, -0.2) is 0 Å². The molecule has 0 spiro atoms. The van der Waals surface area contributed by atoms with Crippen molar-refractivity contribution in [2.24, 2.45) is 0 Å². The maximum Gasteiger partial charge on any atom is 0.260 e. The molecule has 0 saturated carbocycles. The highest BCUT2D eigenvalue weighted by atomic mass is 35.5. The van der Waals surface area contributed by atoms with Gasteiger partial charge in [-0.3, -0.25) is 4.79 Å². The number of nitrogens with one attached hydrogen (secondary N) is 1. The van der Waals surface area contributed by atoms with Crippen molar-refractivity contribution in [1.82, 2.24) is 5.16 Å². The van der Waals surface area contributed by atoms with Gasteiger partial charge in [0.2, 0.25) is 0 Å². The lowest BCUT2D eigenvalue weighted by Gasteiger charge is -2.05. The summed E-state index contributed by atoms with van der Waals surface area (Å²) in [6.45, 7) is 1.70. The molecule has 0 aliphatic heterocycles. The Labute approximate surface area is 110 Å². The summed E-state index contributed by atoms with van der Waals surface area (Å²) in [4.78, 5) is 11.9. The summed E-state index contributed by atoms with van der Waals surface area (Å²) in [6.07, 6.45) is 2.23. The molecule has 0 atom stereocenters. The second kappa shape index (κ2) is 5.69. The Bertz CT molecular complexity index is 534. The molecular weight excluding hydrogens is 252 g/mol. The van der Waals surface area contributed by atoms with Gasteiger partial charge < -0.3 is 9.84 Å². The summed E-state index contributed by atoms with van der Waals surface area (Å²) >= 11 is 5.66. The maximum atomic E-state index is 11.9. The second-order valence-corrected chi connectivity index (χ2v) is 4.26. The summed E-state index contributed by atoms with van der Waals surface area (Å²) in [5.41, 5.74) is 2.32. The van der Waals surface area contributed by atoms with Gasteiger partial charge in [-0.2, -0.15) is 0 Å². The van der Waals surface area contributed by atoms with Crippen molar-refractivity contribution >= 4 is 23.2 Å². The van der Waals surface area contributed by atoms with Gasteiger partial charge in [0.05, 0.1) is 6.20 Å². The number of rotatable bonds is 4. The number of aryl methyl sites for hydroxylation is 2. The number of halogens is 1. The summed E-state index contributed by atoms with van der Waals surface area (Å²) in [5, 5.41) is 6.35. The zero-order valence-corrected chi connectivity index (χ0v) is 10.7. The molecule has 1 heterocycles. The molecule has 4 nitrogen and oxygen atoms in total. The summed E-state index contributed by atoms with van der Waals surface area (Å²) in [7, 11) is 0. The van der Waals surface area contributed by atoms with E-state index in [4.69, 9.17) is 16.1 Å². The third kappa shape index (κ3) is 2.90. The molecule has 0 radical (unpaired) electrons. The molecular formula is C13H13ClN2O2. The van der Waals surface area contributed by atoms with Crippen LogP contribution in [0.1, 0.15) is 21.7 Å². The first-order valence-corrected chi connectivity index (χ1v) is 6.11. The minimum absolute atomic E-state index is 0.223. The lowest BCUT2D eigenvalue weighted by Crippen LogP contribution is -2.12. The van der Waals surface area contributed by atoms with Crippen LogP contribution in [-0.2, 0) is 6.42 Å². The maximum absolute atomic E-state index is 11.9. The number of carbonyl (C=O) groups is 1. The van der Waals surface area contributed by atoms with Gasteiger partial charge >= 0.3 is 0 Å². The van der Waals surface area contributed by atoms with E-state index in [-0.39, 0.29) is 5.91 Å². The molecule has 94 valence electrons. The van der Waals surface area contributed by atoms with Gasteiger partial charge in [0.25, 0.3) is 5.91 Å². The van der Waals surface area contributed by atoms with Crippen LogP contribution in [0.4, 0.5) is 5.69 Å². The predicted molar refractivity (Wildman–Crippen MR) is 70.1 cm³/mol. The Morgan fingerprint density at radius 1 is 1.39 bits per heavy atom. The predicted octanol–water partition coefficient (Wildman–Crippen LogP) is 3.02. The molecule has 18 heavy (non-hydrogen) atoms. The number of nitrogens with zero attached hydrogens (tertiary/aromatic N) is 1. The second-order valence-electron chi connectivity index (χ2n) is 3.89. The molecule has 0 fully saturated rings. The zero-order valence-electron chi connectivity index (χ0n) is 9.94. The molecule has 0 aliphatic rings. The fourth-order valence-electron chi connectivity index (χ4n) is 1.58. The smallest absolute Gasteiger partial charge is 0.260 e. The molecule has 2 rings (SSSR count). The molecule has 1 aromatic heterocycles. The normalized spacial score (nSPS) is 10.3. The number of benzene rings is 1. The van der Waals surface area contributed by atoms with Gasteiger partial charge in [-0.05, 0) is 31.0 Å². The minimum Gasteiger partial charge on any atom is -0.361 e. The van der Waals surface area contributed by atoms with E-state index in [9.17, 15) is 4.79 Å². The van der Waals surface area contributed by atoms with E-state index < -0.39 is 0 Å².